The van der Waals surface area contributed by atoms with Crippen LogP contribution in [0, 0.1) is 6.92 Å². The monoisotopic (exact) mass is 409 g/mol. The van der Waals surface area contributed by atoms with Crippen molar-refractivity contribution in [3.63, 3.8) is 0 Å². The number of ether oxygens (including phenoxy) is 2. The fraction of sp³-hybridized carbons (Fsp3) is 0.300. The molecule has 3 aromatic rings. The average Bonchev–Trinajstić information content (AvgIpc) is 3.02. The van der Waals surface area contributed by atoms with Crippen molar-refractivity contribution in [1.29, 1.82) is 0 Å². The van der Waals surface area contributed by atoms with Gasteiger partial charge in [0.15, 0.2) is 5.69 Å². The Morgan fingerprint density at radius 1 is 1.18 bits per heavy atom. The molecule has 0 radical (unpaired) electrons. The van der Waals surface area contributed by atoms with Gasteiger partial charge in [-0.25, -0.2) is 4.98 Å². The number of carbonyl (C=O) groups excluding carboxylic acids is 1. The largest absolute Gasteiger partial charge is 0.489 e. The first-order chi connectivity index (χ1) is 13.3. The summed E-state index contributed by atoms with van der Waals surface area (Å²) in [6.07, 6.45) is -4.36. The lowest BCUT2D eigenvalue weighted by Crippen LogP contribution is -2.14. The molecular formula is C20H18F3NO3S. The molecule has 0 fully saturated rings. The Hall–Kier alpha value is -2.61. The van der Waals surface area contributed by atoms with E-state index >= 15 is 0 Å². The van der Waals surface area contributed by atoms with E-state index in [0.717, 1.165) is 15.6 Å². The second-order valence-corrected chi connectivity index (χ2v) is 7.06. The number of benzene rings is 1. The first-order valence-electron chi connectivity index (χ1n) is 8.60. The van der Waals surface area contributed by atoms with Gasteiger partial charge in [0.1, 0.15) is 12.4 Å². The summed E-state index contributed by atoms with van der Waals surface area (Å²) in [5.74, 6) is 0.153. The first kappa shape index (κ1) is 20.1. The third kappa shape index (κ3) is 4.62. The van der Waals surface area contributed by atoms with Crippen molar-refractivity contribution in [1.82, 2.24) is 4.98 Å². The maximum absolute atomic E-state index is 13.2. The quantitative estimate of drug-likeness (QED) is 0.518. The highest BCUT2D eigenvalue weighted by Crippen LogP contribution is 2.33. The Balaban J connectivity index is 1.77. The number of pyridine rings is 1. The number of thiophene rings is 1. The molecule has 28 heavy (non-hydrogen) atoms. The number of carbonyl (C=O) groups is 1. The molecule has 0 bridgehead atoms. The van der Waals surface area contributed by atoms with Crippen LogP contribution < -0.4 is 4.74 Å². The smallest absolute Gasteiger partial charge is 0.433 e. The number of aromatic nitrogens is 1. The highest BCUT2D eigenvalue weighted by atomic mass is 32.1. The normalized spacial score (nSPS) is 11.6. The van der Waals surface area contributed by atoms with E-state index < -0.39 is 11.9 Å². The number of hydrogen-bond donors (Lipinski definition) is 0. The summed E-state index contributed by atoms with van der Waals surface area (Å²) in [5.41, 5.74) is 0.200. The summed E-state index contributed by atoms with van der Waals surface area (Å²) in [6.45, 7) is 3.35. The van der Waals surface area contributed by atoms with Gasteiger partial charge in [0.25, 0.3) is 0 Å². The number of aryl methyl sites for hydroxylation is 1. The molecule has 0 spiro atoms. The van der Waals surface area contributed by atoms with Crippen LogP contribution in [0.5, 0.6) is 5.75 Å². The number of rotatable bonds is 6. The molecule has 0 aliphatic carbocycles. The van der Waals surface area contributed by atoms with Gasteiger partial charge in [0.2, 0.25) is 0 Å². The van der Waals surface area contributed by atoms with E-state index in [-0.39, 0.29) is 24.6 Å². The third-order valence-corrected chi connectivity index (χ3v) is 5.04. The van der Waals surface area contributed by atoms with Crippen LogP contribution >= 0.6 is 11.3 Å². The third-order valence-electron chi connectivity index (χ3n) is 4.05. The summed E-state index contributed by atoms with van der Waals surface area (Å²) in [4.78, 5) is 15.3. The maximum atomic E-state index is 13.2. The van der Waals surface area contributed by atoms with Crippen molar-refractivity contribution >= 4 is 27.4 Å². The van der Waals surface area contributed by atoms with E-state index in [0.29, 0.717) is 18.1 Å². The molecule has 0 saturated heterocycles. The van der Waals surface area contributed by atoms with Crippen LogP contribution in [0.4, 0.5) is 13.2 Å². The van der Waals surface area contributed by atoms with Crippen LogP contribution in [0.2, 0.25) is 0 Å². The van der Waals surface area contributed by atoms with E-state index in [1.54, 1.807) is 25.1 Å². The fourth-order valence-electron chi connectivity index (χ4n) is 2.77. The number of esters is 1. The highest BCUT2D eigenvalue weighted by molar-refractivity contribution is 7.17. The molecule has 0 unspecified atom stereocenters. The van der Waals surface area contributed by atoms with Crippen LogP contribution in [0.1, 0.15) is 29.4 Å². The first-order valence-corrected chi connectivity index (χ1v) is 9.48. The minimum absolute atomic E-state index is 0.0209. The van der Waals surface area contributed by atoms with Gasteiger partial charge >= 0.3 is 12.1 Å². The summed E-state index contributed by atoms with van der Waals surface area (Å²) in [7, 11) is 0. The number of alkyl halides is 3. The van der Waals surface area contributed by atoms with Crippen molar-refractivity contribution < 1.29 is 27.4 Å². The van der Waals surface area contributed by atoms with Crippen molar-refractivity contribution in [2.45, 2.75) is 33.1 Å². The van der Waals surface area contributed by atoms with E-state index in [9.17, 15) is 18.0 Å². The molecule has 4 nitrogen and oxygen atoms in total. The molecule has 0 atom stereocenters. The Kier molecular flexibility index (Phi) is 5.88. The zero-order valence-corrected chi connectivity index (χ0v) is 16.1. The maximum Gasteiger partial charge on any atom is 0.433 e. The molecule has 0 amide bonds. The Labute approximate surface area is 163 Å². The molecule has 148 valence electrons. The lowest BCUT2D eigenvalue weighted by Gasteiger charge is -2.13. The van der Waals surface area contributed by atoms with Gasteiger partial charge in [-0.05, 0) is 54.4 Å². The summed E-state index contributed by atoms with van der Waals surface area (Å²) < 4.78 is 50.9. The minimum Gasteiger partial charge on any atom is -0.489 e. The summed E-state index contributed by atoms with van der Waals surface area (Å²) >= 11 is 1.44. The summed E-state index contributed by atoms with van der Waals surface area (Å²) in [6, 6.07) is 8.14. The van der Waals surface area contributed by atoms with Crippen LogP contribution in [0.25, 0.3) is 10.1 Å². The highest BCUT2D eigenvalue weighted by Gasteiger charge is 2.35. The zero-order valence-electron chi connectivity index (χ0n) is 15.3. The van der Waals surface area contributed by atoms with Gasteiger partial charge in [-0.1, -0.05) is 6.07 Å². The molecule has 0 saturated carbocycles. The molecular weight excluding hydrogens is 391 g/mol. The van der Waals surface area contributed by atoms with E-state index in [1.165, 1.54) is 30.4 Å². The van der Waals surface area contributed by atoms with Gasteiger partial charge in [-0.2, -0.15) is 13.2 Å². The second-order valence-electron chi connectivity index (χ2n) is 6.15. The fourth-order valence-corrected chi connectivity index (χ4v) is 3.76. The average molecular weight is 409 g/mol. The van der Waals surface area contributed by atoms with Crippen molar-refractivity contribution in [2.75, 3.05) is 6.61 Å². The molecule has 2 aromatic heterocycles. The Bertz CT molecular complexity index is 998. The van der Waals surface area contributed by atoms with Crippen molar-refractivity contribution in [2.24, 2.45) is 0 Å². The van der Waals surface area contributed by atoms with Gasteiger partial charge in [0, 0.05) is 16.0 Å². The molecule has 0 N–H and O–H groups in total. The SMILES string of the molecule is CCOC(=O)Cc1csc2cc(OCc3ccc(C)nc3C(F)(F)F)ccc12. The number of hydrogen-bond acceptors (Lipinski definition) is 5. The Morgan fingerprint density at radius 2 is 1.96 bits per heavy atom. The van der Waals surface area contributed by atoms with E-state index in [4.69, 9.17) is 9.47 Å². The van der Waals surface area contributed by atoms with Gasteiger partial charge in [-0.15, -0.1) is 11.3 Å². The zero-order chi connectivity index (χ0) is 20.3. The summed E-state index contributed by atoms with van der Waals surface area (Å²) in [5, 5.41) is 2.77. The topological polar surface area (TPSA) is 48.4 Å². The molecule has 0 aliphatic heterocycles. The molecule has 0 aliphatic rings. The predicted molar refractivity (Wildman–Crippen MR) is 100 cm³/mol. The lowest BCUT2D eigenvalue weighted by atomic mass is 10.1. The van der Waals surface area contributed by atoms with Crippen LogP contribution in [-0.2, 0) is 28.7 Å². The van der Waals surface area contributed by atoms with E-state index in [1.807, 2.05) is 5.38 Å². The molecule has 3 rings (SSSR count). The van der Waals surface area contributed by atoms with Crippen molar-refractivity contribution in [3.05, 3.63) is 58.2 Å². The predicted octanol–water partition coefficient (Wildman–Crippen LogP) is 5.31. The number of fused-ring (bicyclic) bond motifs is 1. The van der Waals surface area contributed by atoms with Gasteiger partial charge in [-0.3, -0.25) is 4.79 Å². The molecule has 8 heteroatoms. The van der Waals surface area contributed by atoms with Gasteiger partial charge in [0.05, 0.1) is 13.0 Å². The second kappa shape index (κ2) is 8.18. The van der Waals surface area contributed by atoms with Crippen LogP contribution in [-0.4, -0.2) is 17.6 Å². The van der Waals surface area contributed by atoms with Crippen molar-refractivity contribution in [3.8, 4) is 5.75 Å². The molecule has 1 aromatic carbocycles. The molecule has 2 heterocycles. The Morgan fingerprint density at radius 3 is 2.68 bits per heavy atom. The van der Waals surface area contributed by atoms with E-state index in [2.05, 4.69) is 4.98 Å². The number of nitrogens with zero attached hydrogens (tertiary/aromatic N) is 1. The lowest BCUT2D eigenvalue weighted by molar-refractivity contribution is -0.143. The number of halogens is 3. The standard InChI is InChI=1S/C20H18F3NO3S/c1-3-26-18(25)8-14-11-28-17-9-15(6-7-16(14)17)27-10-13-5-4-12(2)24-19(13)20(21,22)23/h4-7,9,11H,3,8,10H2,1-2H3. The minimum atomic E-state index is -4.54. The van der Waals surface area contributed by atoms with Crippen LogP contribution in [0.3, 0.4) is 0 Å². The van der Waals surface area contributed by atoms with Crippen LogP contribution in [0.15, 0.2) is 35.7 Å². The van der Waals surface area contributed by atoms with Gasteiger partial charge < -0.3 is 9.47 Å².